The van der Waals surface area contributed by atoms with Crippen molar-refractivity contribution < 1.29 is 0 Å². The van der Waals surface area contributed by atoms with Crippen LogP contribution in [0.1, 0.15) is 31.0 Å². The largest absolute Gasteiger partial charge is 0.369 e. The summed E-state index contributed by atoms with van der Waals surface area (Å²) in [6.45, 7) is 3.21. The summed E-state index contributed by atoms with van der Waals surface area (Å²) in [6, 6.07) is 7.86. The molecule has 19 heavy (non-hydrogen) atoms. The molecule has 2 heterocycles. The number of para-hydroxylation sites is 1. The van der Waals surface area contributed by atoms with Gasteiger partial charge >= 0.3 is 0 Å². The van der Waals surface area contributed by atoms with Crippen molar-refractivity contribution in [2.45, 2.75) is 32.6 Å². The lowest BCUT2D eigenvalue weighted by Crippen LogP contribution is -2.05. The van der Waals surface area contributed by atoms with E-state index in [1.165, 1.54) is 24.1 Å². The van der Waals surface area contributed by atoms with Gasteiger partial charge in [-0.25, -0.2) is 4.68 Å². The molecule has 1 aromatic heterocycles. The van der Waals surface area contributed by atoms with Crippen molar-refractivity contribution >= 4 is 17.4 Å². The van der Waals surface area contributed by atoms with Gasteiger partial charge in [0.1, 0.15) is 5.82 Å². The van der Waals surface area contributed by atoms with Crippen LogP contribution in [0.3, 0.4) is 0 Å². The Bertz CT molecular complexity index is 589. The van der Waals surface area contributed by atoms with Gasteiger partial charge in [-0.3, -0.25) is 0 Å². The van der Waals surface area contributed by atoms with Crippen LogP contribution in [0, 0.1) is 0 Å². The molecule has 0 amide bonds. The van der Waals surface area contributed by atoms with E-state index in [0.29, 0.717) is 0 Å². The molecule has 1 N–H and O–H groups in total. The summed E-state index contributed by atoms with van der Waals surface area (Å²) in [5.41, 5.74) is 3.55. The predicted molar refractivity (Wildman–Crippen MR) is 79.4 cm³/mol. The molecule has 3 nitrogen and oxygen atoms in total. The number of nitrogens with zero attached hydrogens (tertiary/aromatic N) is 2. The predicted octanol–water partition coefficient (Wildman–Crippen LogP) is 3.84. The second-order valence-corrected chi connectivity index (χ2v) is 5.32. The SMILES string of the molecule is CCCCc1nn(-c2ccccc2Cl)c2c1CCN2. The van der Waals surface area contributed by atoms with Crippen LogP contribution in [0.25, 0.3) is 5.69 Å². The number of hydrogen-bond acceptors (Lipinski definition) is 2. The van der Waals surface area contributed by atoms with E-state index in [9.17, 15) is 0 Å². The first-order chi connectivity index (χ1) is 9.31. The Kier molecular flexibility index (Phi) is 3.47. The van der Waals surface area contributed by atoms with Gasteiger partial charge in [-0.1, -0.05) is 37.1 Å². The van der Waals surface area contributed by atoms with Crippen LogP contribution in [0.5, 0.6) is 0 Å². The summed E-state index contributed by atoms with van der Waals surface area (Å²) >= 11 is 6.29. The molecular weight excluding hydrogens is 258 g/mol. The number of rotatable bonds is 4. The fourth-order valence-corrected chi connectivity index (χ4v) is 2.80. The van der Waals surface area contributed by atoms with Crippen LogP contribution in [-0.2, 0) is 12.8 Å². The number of hydrogen-bond donors (Lipinski definition) is 1. The quantitative estimate of drug-likeness (QED) is 0.919. The molecule has 0 radical (unpaired) electrons. The monoisotopic (exact) mass is 275 g/mol. The highest BCUT2D eigenvalue weighted by Gasteiger charge is 2.23. The number of unbranched alkanes of at least 4 members (excludes halogenated alkanes) is 1. The van der Waals surface area contributed by atoms with Crippen LogP contribution in [0.15, 0.2) is 24.3 Å². The average Bonchev–Trinajstić information content (AvgIpc) is 3.00. The van der Waals surface area contributed by atoms with E-state index in [1.807, 2.05) is 28.9 Å². The smallest absolute Gasteiger partial charge is 0.133 e. The Morgan fingerprint density at radius 1 is 1.37 bits per heavy atom. The zero-order chi connectivity index (χ0) is 13.2. The zero-order valence-electron chi connectivity index (χ0n) is 11.1. The van der Waals surface area contributed by atoms with E-state index in [2.05, 4.69) is 12.2 Å². The molecule has 0 atom stereocenters. The van der Waals surface area contributed by atoms with E-state index in [1.54, 1.807) is 0 Å². The first kappa shape index (κ1) is 12.5. The highest BCUT2D eigenvalue weighted by molar-refractivity contribution is 6.32. The standard InChI is InChI=1S/C15H18ClN3/c1-2-3-7-13-11-9-10-17-15(11)19(18-13)14-8-5-4-6-12(14)16/h4-6,8,17H,2-3,7,9-10H2,1H3. The van der Waals surface area contributed by atoms with Gasteiger partial charge in [0.05, 0.1) is 16.4 Å². The molecule has 1 aliphatic heterocycles. The lowest BCUT2D eigenvalue weighted by atomic mass is 10.1. The Morgan fingerprint density at radius 3 is 3.00 bits per heavy atom. The van der Waals surface area contributed by atoms with E-state index in [0.717, 1.165) is 35.9 Å². The van der Waals surface area contributed by atoms with Gasteiger partial charge in [-0.05, 0) is 31.4 Å². The summed E-state index contributed by atoms with van der Waals surface area (Å²) in [5.74, 6) is 1.12. The molecule has 4 heteroatoms. The van der Waals surface area contributed by atoms with E-state index < -0.39 is 0 Å². The van der Waals surface area contributed by atoms with Crippen LogP contribution in [0.4, 0.5) is 5.82 Å². The Morgan fingerprint density at radius 2 is 2.21 bits per heavy atom. The first-order valence-corrected chi connectivity index (χ1v) is 7.28. The van der Waals surface area contributed by atoms with E-state index in [4.69, 9.17) is 16.7 Å². The van der Waals surface area contributed by atoms with Crippen LogP contribution < -0.4 is 5.32 Å². The molecule has 3 rings (SSSR count). The van der Waals surface area contributed by atoms with Gasteiger partial charge in [-0.2, -0.15) is 5.10 Å². The van der Waals surface area contributed by atoms with Gasteiger partial charge in [0.25, 0.3) is 0 Å². The van der Waals surface area contributed by atoms with Gasteiger partial charge in [-0.15, -0.1) is 0 Å². The highest BCUT2D eigenvalue weighted by Crippen LogP contribution is 2.31. The fraction of sp³-hybridized carbons (Fsp3) is 0.400. The topological polar surface area (TPSA) is 29.9 Å². The summed E-state index contributed by atoms with van der Waals surface area (Å²) in [4.78, 5) is 0. The number of anilines is 1. The first-order valence-electron chi connectivity index (χ1n) is 6.90. The summed E-state index contributed by atoms with van der Waals surface area (Å²) in [5, 5.41) is 8.94. The minimum Gasteiger partial charge on any atom is -0.369 e. The Balaban J connectivity index is 2.05. The molecule has 0 aliphatic carbocycles. The molecule has 1 aliphatic rings. The number of halogens is 1. The van der Waals surface area contributed by atoms with E-state index >= 15 is 0 Å². The number of aromatic nitrogens is 2. The van der Waals surface area contributed by atoms with E-state index in [-0.39, 0.29) is 0 Å². The maximum atomic E-state index is 6.29. The van der Waals surface area contributed by atoms with Crippen LogP contribution in [-0.4, -0.2) is 16.3 Å². The van der Waals surface area contributed by atoms with Gasteiger partial charge in [0.2, 0.25) is 0 Å². The molecule has 100 valence electrons. The lowest BCUT2D eigenvalue weighted by Gasteiger charge is -2.07. The summed E-state index contributed by atoms with van der Waals surface area (Å²) in [6.07, 6.45) is 4.50. The van der Waals surface area contributed by atoms with Crippen LogP contribution >= 0.6 is 11.6 Å². The lowest BCUT2D eigenvalue weighted by molar-refractivity contribution is 0.744. The van der Waals surface area contributed by atoms with Crippen molar-refractivity contribution in [2.24, 2.45) is 0 Å². The average molecular weight is 276 g/mol. The van der Waals surface area contributed by atoms with Crippen molar-refractivity contribution in [1.82, 2.24) is 9.78 Å². The molecule has 0 saturated heterocycles. The minimum atomic E-state index is 0.739. The molecule has 0 unspecified atom stereocenters. The number of benzene rings is 1. The zero-order valence-corrected chi connectivity index (χ0v) is 11.9. The highest BCUT2D eigenvalue weighted by atomic mass is 35.5. The Labute approximate surface area is 118 Å². The second-order valence-electron chi connectivity index (χ2n) is 4.92. The van der Waals surface area contributed by atoms with Gasteiger partial charge in [0, 0.05) is 12.1 Å². The summed E-state index contributed by atoms with van der Waals surface area (Å²) < 4.78 is 1.97. The molecule has 1 aromatic carbocycles. The third kappa shape index (κ3) is 2.23. The van der Waals surface area contributed by atoms with Crippen molar-refractivity contribution in [1.29, 1.82) is 0 Å². The normalized spacial score (nSPS) is 13.4. The molecule has 0 saturated carbocycles. The third-order valence-corrected chi connectivity index (χ3v) is 3.90. The molecular formula is C15H18ClN3. The van der Waals surface area contributed by atoms with Crippen molar-refractivity contribution in [3.05, 3.63) is 40.5 Å². The molecule has 0 fully saturated rings. The molecule has 0 spiro atoms. The Hall–Kier alpha value is -1.48. The van der Waals surface area contributed by atoms with Gasteiger partial charge < -0.3 is 5.32 Å². The number of aryl methyl sites for hydroxylation is 1. The van der Waals surface area contributed by atoms with Crippen molar-refractivity contribution in [3.63, 3.8) is 0 Å². The fourth-order valence-electron chi connectivity index (χ4n) is 2.59. The van der Waals surface area contributed by atoms with Crippen LogP contribution in [0.2, 0.25) is 5.02 Å². The minimum absolute atomic E-state index is 0.739. The maximum Gasteiger partial charge on any atom is 0.133 e. The number of nitrogens with one attached hydrogen (secondary N) is 1. The summed E-state index contributed by atoms with van der Waals surface area (Å²) in [7, 11) is 0. The maximum absolute atomic E-state index is 6.29. The third-order valence-electron chi connectivity index (χ3n) is 3.58. The molecule has 0 bridgehead atoms. The molecule has 2 aromatic rings. The van der Waals surface area contributed by atoms with Gasteiger partial charge in [0.15, 0.2) is 0 Å². The van der Waals surface area contributed by atoms with Crippen molar-refractivity contribution in [2.75, 3.05) is 11.9 Å². The second kappa shape index (κ2) is 5.25. The number of fused-ring (bicyclic) bond motifs is 1. The van der Waals surface area contributed by atoms with Crippen molar-refractivity contribution in [3.8, 4) is 5.69 Å².